The minimum Gasteiger partial charge on any atom is -0.489 e. The fraction of sp³-hybridized carbons (Fsp3) is 0.222. The van der Waals surface area contributed by atoms with Gasteiger partial charge in [-0.2, -0.15) is 0 Å². The van der Waals surface area contributed by atoms with Gasteiger partial charge in [0.2, 0.25) is 0 Å². The number of hydrogen-bond acceptors (Lipinski definition) is 4. The van der Waals surface area contributed by atoms with E-state index in [-0.39, 0.29) is 0 Å². The summed E-state index contributed by atoms with van der Waals surface area (Å²) in [5.41, 5.74) is -0.129. The van der Waals surface area contributed by atoms with Crippen molar-refractivity contribution in [3.8, 4) is 5.75 Å². The highest BCUT2D eigenvalue weighted by molar-refractivity contribution is 14.1. The van der Waals surface area contributed by atoms with Crippen LogP contribution < -0.4 is 15.4 Å². The molecule has 1 atom stereocenters. The SMILES string of the molecule is C[C@@](CO)(NC(=O)O)C(=O)Nc1ccc(OCc2ccc(I)cc2)cc1. The fourth-order valence-corrected chi connectivity index (χ4v) is 2.41. The Morgan fingerprint density at radius 1 is 1.12 bits per heavy atom. The number of benzene rings is 2. The zero-order valence-electron chi connectivity index (χ0n) is 14.0. The Kier molecular flexibility index (Phi) is 6.81. The van der Waals surface area contributed by atoms with Gasteiger partial charge < -0.3 is 25.6 Å². The van der Waals surface area contributed by atoms with Gasteiger partial charge in [0.15, 0.2) is 0 Å². The molecule has 0 saturated heterocycles. The lowest BCUT2D eigenvalue weighted by Gasteiger charge is -2.25. The van der Waals surface area contributed by atoms with Crippen LogP contribution >= 0.6 is 22.6 Å². The third kappa shape index (κ3) is 5.60. The first-order chi connectivity index (χ1) is 12.3. The Bertz CT molecular complexity index is 764. The average molecular weight is 470 g/mol. The van der Waals surface area contributed by atoms with Gasteiger partial charge in [-0.1, -0.05) is 12.1 Å². The summed E-state index contributed by atoms with van der Waals surface area (Å²) in [5, 5.41) is 22.7. The van der Waals surface area contributed by atoms with Crippen LogP contribution in [0, 0.1) is 3.57 Å². The molecule has 0 aliphatic carbocycles. The summed E-state index contributed by atoms with van der Waals surface area (Å²) in [7, 11) is 0. The van der Waals surface area contributed by atoms with Gasteiger partial charge in [-0.3, -0.25) is 4.79 Å². The molecule has 2 aromatic carbocycles. The molecule has 0 fully saturated rings. The summed E-state index contributed by atoms with van der Waals surface area (Å²) >= 11 is 2.24. The summed E-state index contributed by atoms with van der Waals surface area (Å²) in [5.74, 6) is -0.0231. The third-order valence-electron chi connectivity index (χ3n) is 3.63. The van der Waals surface area contributed by atoms with Gasteiger partial charge in [0.25, 0.3) is 5.91 Å². The monoisotopic (exact) mass is 470 g/mol. The lowest BCUT2D eigenvalue weighted by atomic mass is 10.0. The quantitative estimate of drug-likeness (QED) is 0.466. The van der Waals surface area contributed by atoms with E-state index < -0.39 is 24.1 Å². The molecule has 0 aliphatic rings. The van der Waals surface area contributed by atoms with Crippen LogP contribution in [0.15, 0.2) is 48.5 Å². The molecule has 0 saturated carbocycles. The molecule has 138 valence electrons. The van der Waals surface area contributed by atoms with E-state index in [1.807, 2.05) is 29.6 Å². The van der Waals surface area contributed by atoms with E-state index in [9.17, 15) is 14.7 Å². The first-order valence-electron chi connectivity index (χ1n) is 7.73. The summed E-state index contributed by atoms with van der Waals surface area (Å²) in [4.78, 5) is 23.0. The molecule has 0 heterocycles. The van der Waals surface area contributed by atoms with E-state index in [0.717, 1.165) is 9.13 Å². The summed E-state index contributed by atoms with van der Waals surface area (Å²) in [6.45, 7) is 1.06. The van der Waals surface area contributed by atoms with E-state index >= 15 is 0 Å². The van der Waals surface area contributed by atoms with Gasteiger partial charge in [-0.05, 0) is 71.5 Å². The van der Waals surface area contributed by atoms with Crippen LogP contribution in [0.3, 0.4) is 0 Å². The molecule has 26 heavy (non-hydrogen) atoms. The van der Waals surface area contributed by atoms with Crippen molar-refractivity contribution in [2.24, 2.45) is 0 Å². The number of amides is 2. The maximum atomic E-state index is 12.2. The summed E-state index contributed by atoms with van der Waals surface area (Å²) in [6.07, 6.45) is -1.39. The second-order valence-electron chi connectivity index (χ2n) is 5.81. The molecule has 0 spiro atoms. The molecular formula is C18H19IN2O5. The molecule has 0 aliphatic heterocycles. The Hall–Kier alpha value is -2.33. The van der Waals surface area contributed by atoms with Gasteiger partial charge in [0, 0.05) is 9.26 Å². The van der Waals surface area contributed by atoms with Crippen LogP contribution in [-0.2, 0) is 11.4 Å². The smallest absolute Gasteiger partial charge is 0.405 e. The average Bonchev–Trinajstić information content (AvgIpc) is 2.61. The molecule has 4 N–H and O–H groups in total. The van der Waals surface area contributed by atoms with E-state index in [1.54, 1.807) is 24.3 Å². The lowest BCUT2D eigenvalue weighted by Crippen LogP contribution is -2.56. The minimum atomic E-state index is -1.63. The van der Waals surface area contributed by atoms with Gasteiger partial charge >= 0.3 is 6.09 Å². The molecule has 8 heteroatoms. The predicted molar refractivity (Wildman–Crippen MR) is 105 cm³/mol. The molecular weight excluding hydrogens is 451 g/mol. The second-order valence-corrected chi connectivity index (χ2v) is 7.06. The van der Waals surface area contributed by atoms with Crippen molar-refractivity contribution in [3.05, 3.63) is 57.7 Å². The molecule has 0 radical (unpaired) electrons. The molecule has 7 nitrogen and oxygen atoms in total. The van der Waals surface area contributed by atoms with Crippen LogP contribution in [0.2, 0.25) is 0 Å². The topological polar surface area (TPSA) is 108 Å². The Balaban J connectivity index is 1.95. The lowest BCUT2D eigenvalue weighted by molar-refractivity contribution is -0.123. The second kappa shape index (κ2) is 8.86. The summed E-state index contributed by atoms with van der Waals surface area (Å²) < 4.78 is 6.84. The highest BCUT2D eigenvalue weighted by Gasteiger charge is 2.34. The first-order valence-corrected chi connectivity index (χ1v) is 8.81. The number of anilines is 1. The summed E-state index contributed by atoms with van der Waals surface area (Å²) in [6, 6.07) is 14.7. The number of carboxylic acid groups (broad SMARTS) is 1. The molecule has 0 unspecified atom stereocenters. The van der Waals surface area contributed by atoms with Crippen molar-refractivity contribution in [1.82, 2.24) is 5.32 Å². The number of carbonyl (C=O) groups is 2. The third-order valence-corrected chi connectivity index (χ3v) is 4.35. The van der Waals surface area contributed by atoms with Crippen molar-refractivity contribution < 1.29 is 24.5 Å². The van der Waals surface area contributed by atoms with E-state index in [4.69, 9.17) is 9.84 Å². The number of aliphatic hydroxyl groups is 1. The molecule has 2 amide bonds. The van der Waals surface area contributed by atoms with Crippen LogP contribution in [0.5, 0.6) is 5.75 Å². The molecule has 0 bridgehead atoms. The van der Waals surface area contributed by atoms with Crippen LogP contribution in [-0.4, -0.2) is 34.4 Å². The van der Waals surface area contributed by atoms with Crippen molar-refractivity contribution in [3.63, 3.8) is 0 Å². The number of carbonyl (C=O) groups excluding carboxylic acids is 1. The van der Waals surface area contributed by atoms with E-state index in [2.05, 4.69) is 27.9 Å². The standard InChI is InChI=1S/C18H19IN2O5/c1-18(11-22,21-17(24)25)16(23)20-14-6-8-15(9-7-14)26-10-12-2-4-13(19)5-3-12/h2-9,21-22H,10-11H2,1H3,(H,20,23)(H,24,25)/t18-/m0/s1. The Labute approximate surface area is 164 Å². The van der Waals surface area contributed by atoms with Gasteiger partial charge in [-0.15, -0.1) is 0 Å². The number of rotatable bonds is 7. The number of ether oxygens (including phenoxy) is 1. The normalized spacial score (nSPS) is 12.7. The molecule has 2 rings (SSSR count). The van der Waals surface area contributed by atoms with Crippen molar-refractivity contribution >= 4 is 40.3 Å². The van der Waals surface area contributed by atoms with Crippen LogP contribution in [0.25, 0.3) is 0 Å². The van der Waals surface area contributed by atoms with Gasteiger partial charge in [0.1, 0.15) is 17.9 Å². The molecule has 2 aromatic rings. The van der Waals surface area contributed by atoms with E-state index in [0.29, 0.717) is 18.0 Å². The highest BCUT2D eigenvalue weighted by atomic mass is 127. The van der Waals surface area contributed by atoms with E-state index in [1.165, 1.54) is 6.92 Å². The van der Waals surface area contributed by atoms with Crippen molar-refractivity contribution in [2.75, 3.05) is 11.9 Å². The van der Waals surface area contributed by atoms with Gasteiger partial charge in [-0.25, -0.2) is 4.79 Å². The first kappa shape index (κ1) is 20.0. The van der Waals surface area contributed by atoms with Crippen LogP contribution in [0.1, 0.15) is 12.5 Å². The maximum absolute atomic E-state index is 12.2. The zero-order chi connectivity index (χ0) is 19.2. The number of halogens is 1. The fourth-order valence-electron chi connectivity index (χ4n) is 2.05. The number of hydrogen-bond donors (Lipinski definition) is 4. The Morgan fingerprint density at radius 2 is 1.73 bits per heavy atom. The zero-order valence-corrected chi connectivity index (χ0v) is 16.2. The minimum absolute atomic E-state index is 0.424. The van der Waals surface area contributed by atoms with Crippen LogP contribution in [0.4, 0.5) is 10.5 Å². The maximum Gasteiger partial charge on any atom is 0.405 e. The van der Waals surface area contributed by atoms with Gasteiger partial charge in [0.05, 0.1) is 6.61 Å². The number of nitrogens with one attached hydrogen (secondary N) is 2. The number of aliphatic hydroxyl groups excluding tert-OH is 1. The van der Waals surface area contributed by atoms with Crippen molar-refractivity contribution in [1.29, 1.82) is 0 Å². The largest absolute Gasteiger partial charge is 0.489 e. The Morgan fingerprint density at radius 3 is 2.27 bits per heavy atom. The van der Waals surface area contributed by atoms with Crippen molar-refractivity contribution in [2.45, 2.75) is 19.1 Å². The molecule has 0 aromatic heterocycles. The predicted octanol–water partition coefficient (Wildman–Crippen LogP) is 2.83. The highest BCUT2D eigenvalue weighted by Crippen LogP contribution is 2.18.